The number of nitrogens with zero attached hydrogens (tertiary/aromatic N) is 2. The molecule has 0 heterocycles. The Balaban J connectivity index is 2.14. The van der Waals surface area contributed by atoms with Crippen LogP contribution in [0.2, 0.25) is 0 Å². The van der Waals surface area contributed by atoms with Crippen LogP contribution >= 0.6 is 0 Å². The summed E-state index contributed by atoms with van der Waals surface area (Å²) in [5, 5.41) is 8.18. The fraction of sp³-hybridized carbons (Fsp3) is 0.409. The van der Waals surface area contributed by atoms with E-state index >= 15 is 0 Å². The van der Waals surface area contributed by atoms with E-state index in [0.29, 0.717) is 5.69 Å². The van der Waals surface area contributed by atoms with Gasteiger partial charge >= 0.3 is 0 Å². The van der Waals surface area contributed by atoms with Crippen LogP contribution in [0.1, 0.15) is 26.3 Å². The molecule has 0 aliphatic carbocycles. The van der Waals surface area contributed by atoms with Crippen LogP contribution in [0.4, 0.5) is 11.4 Å². The van der Waals surface area contributed by atoms with E-state index in [9.17, 15) is 13.2 Å². The lowest BCUT2D eigenvalue weighted by Gasteiger charge is -2.25. The predicted octanol–water partition coefficient (Wildman–Crippen LogP) is 2.68. The molecule has 0 saturated heterocycles. The molecular formula is C22H32N4O3S. The fourth-order valence-corrected chi connectivity index (χ4v) is 3.85. The molecule has 30 heavy (non-hydrogen) atoms. The first-order chi connectivity index (χ1) is 14.3. The lowest BCUT2D eigenvalue weighted by molar-refractivity contribution is -0.117. The maximum atomic E-state index is 12.8. The molecule has 164 valence electrons. The Morgan fingerprint density at radius 3 is 2.23 bits per heavy atom. The summed E-state index contributed by atoms with van der Waals surface area (Å²) < 4.78 is 23.6. The Morgan fingerprint density at radius 2 is 1.67 bits per heavy atom. The van der Waals surface area contributed by atoms with E-state index in [4.69, 9.17) is 5.14 Å². The average molecular weight is 433 g/mol. The molecule has 2 aromatic carbocycles. The summed E-state index contributed by atoms with van der Waals surface area (Å²) in [6.45, 7) is 9.20. The fourth-order valence-electron chi connectivity index (χ4n) is 3.31. The van der Waals surface area contributed by atoms with Crippen molar-refractivity contribution >= 4 is 27.3 Å². The Hall–Kier alpha value is -2.42. The zero-order valence-electron chi connectivity index (χ0n) is 18.0. The number of primary sulfonamides is 1. The third kappa shape index (κ3) is 6.83. The van der Waals surface area contributed by atoms with Gasteiger partial charge < -0.3 is 10.2 Å². The van der Waals surface area contributed by atoms with E-state index < -0.39 is 10.0 Å². The van der Waals surface area contributed by atoms with Gasteiger partial charge in [0.2, 0.25) is 15.9 Å². The summed E-state index contributed by atoms with van der Waals surface area (Å²) >= 11 is 0. The van der Waals surface area contributed by atoms with Crippen LogP contribution in [0.15, 0.2) is 53.4 Å². The van der Waals surface area contributed by atoms with E-state index in [1.165, 1.54) is 17.7 Å². The van der Waals surface area contributed by atoms with Gasteiger partial charge in [0, 0.05) is 19.6 Å². The maximum absolute atomic E-state index is 12.8. The van der Waals surface area contributed by atoms with E-state index in [-0.39, 0.29) is 17.3 Å². The largest absolute Gasteiger partial charge is 0.370 e. The number of likely N-dealkylation sites (N-methyl/N-ethyl adjacent to an activating group) is 1. The van der Waals surface area contributed by atoms with Gasteiger partial charge in [-0.15, -0.1) is 0 Å². The predicted molar refractivity (Wildman–Crippen MR) is 122 cm³/mol. The lowest BCUT2D eigenvalue weighted by Crippen LogP contribution is -2.35. The minimum Gasteiger partial charge on any atom is -0.370 e. The summed E-state index contributed by atoms with van der Waals surface area (Å²) in [6, 6.07) is 14.7. The Bertz CT molecular complexity index is 929. The number of benzene rings is 2. The SMILES string of the molecule is CCN(CCc1ccccc1)CC(=O)Nc1cc(S(N)(=O)=O)ccc1N(CC)CC. The van der Waals surface area contributed by atoms with Crippen molar-refractivity contribution in [2.75, 3.05) is 42.9 Å². The van der Waals surface area contributed by atoms with Gasteiger partial charge in [-0.2, -0.15) is 0 Å². The van der Waals surface area contributed by atoms with Crippen LogP contribution in [0, 0.1) is 0 Å². The van der Waals surface area contributed by atoms with E-state index in [1.807, 2.05) is 39.0 Å². The number of rotatable bonds is 11. The van der Waals surface area contributed by atoms with Crippen LogP contribution in [-0.2, 0) is 21.2 Å². The molecule has 2 rings (SSSR count). The molecule has 3 N–H and O–H groups in total. The van der Waals surface area contributed by atoms with Crippen LogP contribution < -0.4 is 15.4 Å². The van der Waals surface area contributed by atoms with Gasteiger partial charge in [-0.25, -0.2) is 13.6 Å². The standard InChI is InChI=1S/C22H32N4O3S/c1-4-25(15-14-18-10-8-7-9-11-18)17-22(27)24-20-16-19(30(23,28)29)12-13-21(20)26(5-2)6-3/h7-13,16H,4-6,14-15,17H2,1-3H3,(H,24,27)(H2,23,28,29). The molecule has 0 radical (unpaired) electrons. The second-order valence-electron chi connectivity index (χ2n) is 7.05. The minimum atomic E-state index is -3.86. The second kappa shape index (κ2) is 11.1. The molecule has 0 aliphatic rings. The summed E-state index contributed by atoms with van der Waals surface area (Å²) in [6.07, 6.45) is 0.855. The minimum absolute atomic E-state index is 0.0230. The number of sulfonamides is 1. The van der Waals surface area contributed by atoms with Gasteiger partial charge in [0.05, 0.1) is 22.8 Å². The smallest absolute Gasteiger partial charge is 0.238 e. The van der Waals surface area contributed by atoms with Crippen LogP contribution in [0.3, 0.4) is 0 Å². The highest BCUT2D eigenvalue weighted by Crippen LogP contribution is 2.28. The summed E-state index contributed by atoms with van der Waals surface area (Å²) in [7, 11) is -3.86. The van der Waals surface area contributed by atoms with Crippen molar-refractivity contribution in [3.8, 4) is 0 Å². The molecule has 0 saturated carbocycles. The monoisotopic (exact) mass is 432 g/mol. The Labute approximate surface area is 179 Å². The van der Waals surface area contributed by atoms with Crippen molar-refractivity contribution in [1.29, 1.82) is 0 Å². The number of nitrogens with two attached hydrogens (primary N) is 1. The molecule has 0 atom stereocenters. The first-order valence-electron chi connectivity index (χ1n) is 10.3. The zero-order chi connectivity index (χ0) is 22.1. The third-order valence-corrected chi connectivity index (χ3v) is 5.96. The van der Waals surface area contributed by atoms with E-state index in [0.717, 1.165) is 38.3 Å². The van der Waals surface area contributed by atoms with Crippen molar-refractivity contribution in [3.05, 3.63) is 54.1 Å². The average Bonchev–Trinajstić information content (AvgIpc) is 2.72. The van der Waals surface area contributed by atoms with Gasteiger partial charge in [0.15, 0.2) is 0 Å². The molecule has 2 aromatic rings. The summed E-state index contributed by atoms with van der Waals surface area (Å²) in [4.78, 5) is 16.8. The molecule has 0 spiro atoms. The van der Waals surface area contributed by atoms with Crippen LogP contribution in [-0.4, -0.2) is 51.9 Å². The van der Waals surface area contributed by atoms with Crippen molar-refractivity contribution in [2.45, 2.75) is 32.1 Å². The molecule has 1 amide bonds. The topological polar surface area (TPSA) is 95.7 Å². The molecule has 0 aromatic heterocycles. The summed E-state index contributed by atoms with van der Waals surface area (Å²) in [5.41, 5.74) is 2.45. The quantitative estimate of drug-likeness (QED) is 0.569. The molecule has 0 aliphatic heterocycles. The third-order valence-electron chi connectivity index (χ3n) is 5.05. The van der Waals surface area contributed by atoms with Gasteiger partial charge in [-0.1, -0.05) is 37.3 Å². The number of carbonyl (C=O) groups is 1. The summed E-state index contributed by atoms with van der Waals surface area (Å²) in [5.74, 6) is -0.190. The van der Waals surface area contributed by atoms with Gasteiger partial charge in [0.1, 0.15) is 0 Å². The van der Waals surface area contributed by atoms with Gasteiger partial charge in [-0.05, 0) is 50.6 Å². The second-order valence-corrected chi connectivity index (χ2v) is 8.61. The lowest BCUT2D eigenvalue weighted by atomic mass is 10.1. The van der Waals surface area contributed by atoms with Crippen molar-refractivity contribution < 1.29 is 13.2 Å². The highest BCUT2D eigenvalue weighted by molar-refractivity contribution is 7.89. The number of hydrogen-bond acceptors (Lipinski definition) is 5. The normalized spacial score (nSPS) is 11.5. The first kappa shape index (κ1) is 23.9. The van der Waals surface area contributed by atoms with Crippen molar-refractivity contribution in [2.24, 2.45) is 5.14 Å². The maximum Gasteiger partial charge on any atom is 0.238 e. The molecule has 0 bridgehead atoms. The van der Waals surface area contributed by atoms with Gasteiger partial charge in [-0.3, -0.25) is 9.69 Å². The first-order valence-corrected chi connectivity index (χ1v) is 11.8. The van der Waals surface area contributed by atoms with Crippen molar-refractivity contribution in [1.82, 2.24) is 4.90 Å². The molecule has 8 heteroatoms. The van der Waals surface area contributed by atoms with E-state index in [1.54, 1.807) is 6.07 Å². The molecule has 7 nitrogen and oxygen atoms in total. The number of carbonyl (C=O) groups excluding carboxylic acids is 1. The van der Waals surface area contributed by atoms with Gasteiger partial charge in [0.25, 0.3) is 0 Å². The zero-order valence-corrected chi connectivity index (χ0v) is 18.8. The van der Waals surface area contributed by atoms with Crippen molar-refractivity contribution in [3.63, 3.8) is 0 Å². The Morgan fingerprint density at radius 1 is 1.00 bits per heavy atom. The molecular weight excluding hydrogens is 400 g/mol. The number of nitrogens with one attached hydrogen (secondary N) is 1. The molecule has 0 fully saturated rings. The number of anilines is 2. The highest BCUT2D eigenvalue weighted by atomic mass is 32.2. The number of hydrogen-bond donors (Lipinski definition) is 2. The van der Waals surface area contributed by atoms with E-state index in [2.05, 4.69) is 27.2 Å². The highest BCUT2D eigenvalue weighted by Gasteiger charge is 2.17. The van der Waals surface area contributed by atoms with Crippen LogP contribution in [0.25, 0.3) is 0 Å². The van der Waals surface area contributed by atoms with Crippen LogP contribution in [0.5, 0.6) is 0 Å². The Kier molecular flexibility index (Phi) is 8.83. The number of amides is 1. The molecule has 0 unspecified atom stereocenters.